The van der Waals surface area contributed by atoms with Crippen LogP contribution in [0.1, 0.15) is 53.0 Å². The summed E-state index contributed by atoms with van der Waals surface area (Å²) in [7, 11) is 0. The minimum absolute atomic E-state index is 0.229. The van der Waals surface area contributed by atoms with Gasteiger partial charge in [0.1, 0.15) is 5.16 Å². The number of amides is 1. The maximum absolute atomic E-state index is 12.7. The fourth-order valence-electron chi connectivity index (χ4n) is 5.35. The van der Waals surface area contributed by atoms with Gasteiger partial charge in [-0.3, -0.25) is 4.79 Å². The third kappa shape index (κ3) is 5.11. The molecule has 6 nitrogen and oxygen atoms in total. The summed E-state index contributed by atoms with van der Waals surface area (Å²) < 4.78 is 12.7. The first-order valence-corrected chi connectivity index (χ1v) is 13.2. The Balaban J connectivity index is 1.10. The van der Waals surface area contributed by atoms with E-state index in [1.165, 1.54) is 24.1 Å². The number of aromatic amines is 1. The minimum Gasteiger partial charge on any atom is -0.370 e. The lowest BCUT2D eigenvalue weighted by molar-refractivity contribution is 0.0633. The maximum atomic E-state index is 12.7. The highest BCUT2D eigenvalue weighted by Crippen LogP contribution is 2.56. The van der Waals surface area contributed by atoms with Crippen molar-refractivity contribution in [2.75, 3.05) is 23.3 Å². The molecule has 1 saturated heterocycles. The largest absolute Gasteiger partial charge is 0.370 e. The molecule has 0 radical (unpaired) electrons. The molecule has 1 aromatic heterocycles. The Hall–Kier alpha value is -2.97. The van der Waals surface area contributed by atoms with Crippen molar-refractivity contribution >= 4 is 41.3 Å². The first kappa shape index (κ1) is 24.7. The zero-order valence-electron chi connectivity index (χ0n) is 20.1. The van der Waals surface area contributed by atoms with E-state index in [1.54, 1.807) is 0 Å². The third-order valence-corrected chi connectivity index (χ3v) is 7.75. The zero-order chi connectivity index (χ0) is 25.3. The Bertz CT molecular complexity index is 1250. The number of anilines is 2. The van der Waals surface area contributed by atoms with Crippen molar-refractivity contribution in [3.8, 4) is 0 Å². The smallest absolute Gasteiger partial charge is 0.272 e. The third-order valence-electron chi connectivity index (χ3n) is 7.21. The van der Waals surface area contributed by atoms with Gasteiger partial charge in [-0.05, 0) is 60.6 Å². The molecular weight excluding hydrogens is 497 g/mol. The van der Waals surface area contributed by atoms with E-state index in [1.807, 2.05) is 19.1 Å². The molecule has 2 aromatic carbocycles. The van der Waals surface area contributed by atoms with Crippen molar-refractivity contribution in [2.24, 2.45) is 5.41 Å². The van der Waals surface area contributed by atoms with E-state index < -0.39 is 0 Å². The van der Waals surface area contributed by atoms with Gasteiger partial charge in [0.05, 0.1) is 12.1 Å². The molecule has 36 heavy (non-hydrogen) atoms. The summed E-state index contributed by atoms with van der Waals surface area (Å²) >= 11 is 6.07. The van der Waals surface area contributed by atoms with E-state index in [0.29, 0.717) is 53.0 Å². The predicted octanol–water partition coefficient (Wildman–Crippen LogP) is 6.38. The molecule has 9 heteroatoms. The van der Waals surface area contributed by atoms with Crippen LogP contribution in [0.25, 0.3) is 0 Å². The van der Waals surface area contributed by atoms with Crippen molar-refractivity contribution in [1.82, 2.24) is 15.3 Å². The van der Waals surface area contributed by atoms with Crippen molar-refractivity contribution < 1.29 is 8.68 Å². The van der Waals surface area contributed by atoms with Crippen LogP contribution in [0.15, 0.2) is 65.2 Å². The highest BCUT2D eigenvalue weighted by molar-refractivity contribution is 7.94. The normalized spacial score (nSPS) is 16.4. The summed E-state index contributed by atoms with van der Waals surface area (Å²) in [5.41, 5.74) is 5.07. The summed E-state index contributed by atoms with van der Waals surface area (Å²) in [5, 5.41) is 5.97. The van der Waals surface area contributed by atoms with E-state index in [4.69, 9.17) is 11.6 Å². The second-order valence-corrected chi connectivity index (χ2v) is 10.8. The second kappa shape index (κ2) is 10.2. The lowest BCUT2D eigenvalue weighted by Gasteiger charge is -2.60. The van der Waals surface area contributed by atoms with Gasteiger partial charge in [0.2, 0.25) is 5.95 Å². The molecule has 1 aliphatic carbocycles. The van der Waals surface area contributed by atoms with Gasteiger partial charge in [-0.25, -0.2) is 4.98 Å². The fraction of sp³-hybridized carbons (Fsp3) is 0.333. The quantitative estimate of drug-likeness (QED) is 0.282. The zero-order valence-corrected chi connectivity index (χ0v) is 21.7. The summed E-state index contributed by atoms with van der Waals surface area (Å²) in [5.74, 6) is 0.753. The molecule has 0 atom stereocenters. The summed E-state index contributed by atoms with van der Waals surface area (Å²) in [6.07, 6.45) is 3.03. The van der Waals surface area contributed by atoms with Crippen LogP contribution in [0.2, 0.25) is 0 Å². The number of halogens is 2. The van der Waals surface area contributed by atoms with Crippen molar-refractivity contribution in [3.63, 3.8) is 0 Å². The van der Waals surface area contributed by atoms with E-state index in [-0.39, 0.29) is 11.1 Å². The number of H-pyrrole nitrogens is 1. The van der Waals surface area contributed by atoms with Gasteiger partial charge in [-0.1, -0.05) is 49.4 Å². The Morgan fingerprint density at radius 2 is 1.92 bits per heavy atom. The minimum atomic E-state index is -0.234. The topological polar surface area (TPSA) is 73.1 Å². The van der Waals surface area contributed by atoms with Crippen LogP contribution in [0, 0.1) is 5.41 Å². The van der Waals surface area contributed by atoms with Crippen molar-refractivity contribution in [1.29, 1.82) is 0 Å². The number of carbonyl (C=O) groups excluding carboxylic acids is 1. The maximum Gasteiger partial charge on any atom is 0.272 e. The first-order chi connectivity index (χ1) is 17.4. The number of nitrogens with one attached hydrogen (secondary N) is 3. The monoisotopic (exact) mass is 525 g/mol. The van der Waals surface area contributed by atoms with Crippen LogP contribution in [0.5, 0.6) is 0 Å². The van der Waals surface area contributed by atoms with Crippen LogP contribution in [0.4, 0.5) is 15.5 Å². The Morgan fingerprint density at radius 1 is 1.22 bits per heavy atom. The van der Waals surface area contributed by atoms with Gasteiger partial charge >= 0.3 is 0 Å². The van der Waals surface area contributed by atoms with Crippen molar-refractivity contribution in [2.45, 2.75) is 43.5 Å². The van der Waals surface area contributed by atoms with Crippen LogP contribution in [-0.2, 0) is 13.0 Å². The molecule has 5 rings (SSSR count). The number of hydrogen-bond donors (Lipinski definition) is 3. The van der Waals surface area contributed by atoms with E-state index >= 15 is 0 Å². The standard InChI is InChI=1S/C27H29ClFN5OS/c1-3-23-24(33-26(32-23)31-17(2)28)25(35)30-14-18-4-8-21(9-5-18)34-15-27(16-34)12-20(13-27)19-6-10-22(36-29)11-7-19/h4-11,20H,2-3,12-16H2,1H3,(H,30,35)(H2,31,32,33). The molecule has 1 amide bonds. The molecule has 0 bridgehead atoms. The second-order valence-electron chi connectivity index (χ2n) is 9.75. The van der Waals surface area contributed by atoms with Gasteiger partial charge in [-0.15, -0.1) is 0 Å². The first-order valence-electron chi connectivity index (χ1n) is 12.1. The molecule has 3 aromatic rings. The Labute approximate surface area is 220 Å². The van der Waals surface area contributed by atoms with Gasteiger partial charge in [0.25, 0.3) is 5.91 Å². The molecular formula is C27H29ClFN5OS. The fourth-order valence-corrected chi connectivity index (χ4v) is 5.68. The molecule has 2 heterocycles. The molecule has 1 spiro atoms. The number of imidazole rings is 1. The van der Waals surface area contributed by atoms with Crippen molar-refractivity contribution in [3.05, 3.63) is 82.8 Å². The summed E-state index contributed by atoms with van der Waals surface area (Å²) in [6.45, 7) is 8.10. The molecule has 188 valence electrons. The molecule has 3 N–H and O–H groups in total. The van der Waals surface area contributed by atoms with Crippen LogP contribution in [0.3, 0.4) is 0 Å². The Morgan fingerprint density at radius 3 is 2.53 bits per heavy atom. The number of nitrogens with zero attached hydrogens (tertiary/aromatic N) is 2. The average molecular weight is 526 g/mol. The number of carbonyl (C=O) groups is 1. The Kier molecular flexibility index (Phi) is 6.99. The number of aryl methyl sites for hydroxylation is 1. The van der Waals surface area contributed by atoms with Crippen LogP contribution in [-0.4, -0.2) is 29.0 Å². The molecule has 2 aliphatic rings. The number of rotatable bonds is 9. The van der Waals surface area contributed by atoms with Gasteiger partial charge < -0.3 is 20.5 Å². The highest BCUT2D eigenvalue weighted by atomic mass is 35.5. The van der Waals surface area contributed by atoms with Crippen LogP contribution < -0.4 is 15.5 Å². The molecule has 1 saturated carbocycles. The SMILES string of the molecule is C=C(Cl)Nc1nc(C(=O)NCc2ccc(N3CC4(CC(c5ccc(SF)cc5)C4)C3)cc2)c(CC)[nH]1. The highest BCUT2D eigenvalue weighted by Gasteiger charge is 2.52. The predicted molar refractivity (Wildman–Crippen MR) is 144 cm³/mol. The van der Waals surface area contributed by atoms with E-state index in [2.05, 4.69) is 68.5 Å². The number of aromatic nitrogens is 2. The van der Waals surface area contributed by atoms with Gasteiger partial charge in [0, 0.05) is 41.3 Å². The molecule has 2 fully saturated rings. The summed E-state index contributed by atoms with van der Waals surface area (Å²) in [6, 6.07) is 16.2. The van der Waals surface area contributed by atoms with Gasteiger partial charge in [-0.2, -0.15) is 3.89 Å². The van der Waals surface area contributed by atoms with Gasteiger partial charge in [0.15, 0.2) is 5.69 Å². The lowest BCUT2D eigenvalue weighted by atomic mass is 9.56. The molecule has 1 aliphatic heterocycles. The molecule has 0 unspecified atom stereocenters. The lowest BCUT2D eigenvalue weighted by Crippen LogP contribution is -2.61. The van der Waals surface area contributed by atoms with E-state index in [0.717, 1.165) is 24.3 Å². The van der Waals surface area contributed by atoms with E-state index in [9.17, 15) is 8.68 Å². The number of hydrogen-bond acceptors (Lipinski definition) is 5. The van der Waals surface area contributed by atoms with Crippen LogP contribution >= 0.6 is 23.7 Å². The summed E-state index contributed by atoms with van der Waals surface area (Å²) in [4.78, 5) is 23.1. The average Bonchev–Trinajstić information content (AvgIpc) is 3.24. The number of benzene rings is 2.